The SMILES string of the molecule is CCCCCCC[C@@H](N[S@](=O)C(C)(C)C)[C@H]1C(=O)CCC[C@@H]1CCCC. The van der Waals surface area contributed by atoms with Crippen molar-refractivity contribution in [2.75, 3.05) is 0 Å². The first kappa shape index (κ1) is 23.8. The standard InChI is InChI=1S/C22H43NO2S/c1-6-8-10-11-12-16-19(23-26(25)22(3,4)5)21-18(14-9-7-2)15-13-17-20(21)24/h18-19,21,23H,6-17H2,1-5H3/t18-,19+,21-,26+/m0/s1. The van der Waals surface area contributed by atoms with E-state index in [2.05, 4.69) is 18.6 Å². The van der Waals surface area contributed by atoms with Crippen LogP contribution in [0.15, 0.2) is 0 Å². The van der Waals surface area contributed by atoms with Crippen LogP contribution < -0.4 is 4.72 Å². The molecule has 0 unspecified atom stereocenters. The van der Waals surface area contributed by atoms with Crippen molar-refractivity contribution in [3.8, 4) is 0 Å². The third-order valence-electron chi connectivity index (χ3n) is 5.67. The van der Waals surface area contributed by atoms with Crippen LogP contribution in [0.2, 0.25) is 0 Å². The third kappa shape index (κ3) is 8.21. The van der Waals surface area contributed by atoms with E-state index in [0.29, 0.717) is 18.1 Å². The molecule has 0 radical (unpaired) electrons. The van der Waals surface area contributed by atoms with Crippen molar-refractivity contribution in [3.63, 3.8) is 0 Å². The van der Waals surface area contributed by atoms with Crippen LogP contribution in [-0.2, 0) is 15.8 Å². The van der Waals surface area contributed by atoms with Crippen molar-refractivity contribution in [3.05, 3.63) is 0 Å². The van der Waals surface area contributed by atoms with E-state index < -0.39 is 11.0 Å². The van der Waals surface area contributed by atoms with Crippen LogP contribution in [0.4, 0.5) is 0 Å². The molecule has 1 fully saturated rings. The smallest absolute Gasteiger partial charge is 0.137 e. The molecule has 26 heavy (non-hydrogen) atoms. The van der Waals surface area contributed by atoms with E-state index in [4.69, 9.17) is 0 Å². The van der Waals surface area contributed by atoms with Gasteiger partial charge in [0.15, 0.2) is 0 Å². The number of hydrogen-bond donors (Lipinski definition) is 1. The summed E-state index contributed by atoms with van der Waals surface area (Å²) in [5, 5.41) is 0. The predicted octanol–water partition coefficient (Wildman–Crippen LogP) is 5.94. The molecule has 0 aromatic heterocycles. The predicted molar refractivity (Wildman–Crippen MR) is 114 cm³/mol. The number of nitrogens with one attached hydrogen (secondary N) is 1. The largest absolute Gasteiger partial charge is 0.299 e. The molecule has 3 nitrogen and oxygen atoms in total. The number of Topliss-reactive ketones (excluding diaryl/α,β-unsaturated/α-hetero) is 1. The van der Waals surface area contributed by atoms with Crippen LogP contribution >= 0.6 is 0 Å². The van der Waals surface area contributed by atoms with Crippen LogP contribution in [0.25, 0.3) is 0 Å². The van der Waals surface area contributed by atoms with Gasteiger partial charge in [-0.15, -0.1) is 0 Å². The zero-order valence-electron chi connectivity index (χ0n) is 17.9. The van der Waals surface area contributed by atoms with E-state index >= 15 is 0 Å². The van der Waals surface area contributed by atoms with Crippen LogP contribution in [0.5, 0.6) is 0 Å². The van der Waals surface area contributed by atoms with Gasteiger partial charge in [0.2, 0.25) is 0 Å². The van der Waals surface area contributed by atoms with E-state index in [1.54, 1.807) is 0 Å². The Morgan fingerprint density at radius 1 is 1.08 bits per heavy atom. The molecule has 0 spiro atoms. The summed E-state index contributed by atoms with van der Waals surface area (Å²) >= 11 is 0. The minimum Gasteiger partial charge on any atom is -0.299 e. The number of ketones is 1. The van der Waals surface area contributed by atoms with E-state index in [0.717, 1.165) is 32.1 Å². The van der Waals surface area contributed by atoms with Crippen LogP contribution in [-0.4, -0.2) is 20.8 Å². The fourth-order valence-electron chi connectivity index (χ4n) is 4.08. The summed E-state index contributed by atoms with van der Waals surface area (Å²) < 4.78 is 15.9. The highest BCUT2D eigenvalue weighted by Crippen LogP contribution is 2.35. The molecule has 1 rings (SSSR count). The molecule has 154 valence electrons. The first-order chi connectivity index (χ1) is 12.3. The lowest BCUT2D eigenvalue weighted by atomic mass is 9.71. The van der Waals surface area contributed by atoms with Crippen LogP contribution in [0.3, 0.4) is 0 Å². The van der Waals surface area contributed by atoms with Gasteiger partial charge in [-0.3, -0.25) is 4.79 Å². The van der Waals surface area contributed by atoms with Gasteiger partial charge in [0.25, 0.3) is 0 Å². The Balaban J connectivity index is 2.83. The fraction of sp³-hybridized carbons (Fsp3) is 0.955. The van der Waals surface area contributed by atoms with Crippen molar-refractivity contribution in [2.24, 2.45) is 11.8 Å². The van der Waals surface area contributed by atoms with Gasteiger partial charge in [0.05, 0.1) is 15.7 Å². The Kier molecular flexibility index (Phi) is 11.2. The molecule has 0 heterocycles. The Morgan fingerprint density at radius 2 is 1.73 bits per heavy atom. The van der Waals surface area contributed by atoms with Crippen molar-refractivity contribution in [1.29, 1.82) is 0 Å². The summed E-state index contributed by atoms with van der Waals surface area (Å²) in [6, 6.07) is 0.0753. The molecule has 0 aromatic rings. The zero-order chi connectivity index (χ0) is 19.6. The second-order valence-corrected chi connectivity index (χ2v) is 11.1. The Labute approximate surface area is 165 Å². The highest BCUT2D eigenvalue weighted by atomic mass is 32.2. The van der Waals surface area contributed by atoms with Gasteiger partial charge in [0.1, 0.15) is 5.78 Å². The van der Waals surface area contributed by atoms with Crippen molar-refractivity contribution < 1.29 is 9.00 Å². The van der Waals surface area contributed by atoms with E-state index in [9.17, 15) is 9.00 Å². The average molecular weight is 386 g/mol. The number of hydrogen-bond acceptors (Lipinski definition) is 2. The quantitative estimate of drug-likeness (QED) is 0.422. The second-order valence-electron chi connectivity index (χ2n) is 9.09. The van der Waals surface area contributed by atoms with Crippen molar-refractivity contribution in [1.82, 2.24) is 4.72 Å². The van der Waals surface area contributed by atoms with E-state index in [1.807, 2.05) is 20.8 Å². The maximum absolute atomic E-state index is 12.8. The molecular formula is C22H43NO2S. The average Bonchev–Trinajstić information content (AvgIpc) is 2.58. The summed E-state index contributed by atoms with van der Waals surface area (Å²) in [6.45, 7) is 10.5. The van der Waals surface area contributed by atoms with Gasteiger partial charge in [-0.2, -0.15) is 0 Å². The van der Waals surface area contributed by atoms with Gasteiger partial charge in [0, 0.05) is 18.4 Å². The Bertz CT molecular complexity index is 430. The molecule has 1 aliphatic carbocycles. The fourth-order valence-corrected chi connectivity index (χ4v) is 4.98. The van der Waals surface area contributed by atoms with Crippen molar-refractivity contribution >= 4 is 16.8 Å². The number of carbonyl (C=O) groups excluding carboxylic acids is 1. The molecule has 1 N–H and O–H groups in total. The maximum Gasteiger partial charge on any atom is 0.137 e. The molecule has 0 aliphatic heterocycles. The normalized spacial score (nSPS) is 23.8. The Hall–Kier alpha value is -0.220. The zero-order valence-corrected chi connectivity index (χ0v) is 18.8. The topological polar surface area (TPSA) is 46.2 Å². The summed E-state index contributed by atoms with van der Waals surface area (Å²) in [5.74, 6) is 0.948. The molecule has 1 saturated carbocycles. The molecule has 4 atom stereocenters. The lowest BCUT2D eigenvalue weighted by Crippen LogP contribution is -2.49. The number of rotatable bonds is 12. The molecule has 0 saturated heterocycles. The molecular weight excluding hydrogens is 342 g/mol. The number of unbranched alkanes of at least 4 members (excludes halogenated alkanes) is 5. The lowest BCUT2D eigenvalue weighted by Gasteiger charge is -2.37. The van der Waals surface area contributed by atoms with Gasteiger partial charge >= 0.3 is 0 Å². The highest BCUT2D eigenvalue weighted by Gasteiger charge is 2.38. The van der Waals surface area contributed by atoms with Crippen LogP contribution in [0.1, 0.15) is 112 Å². The summed E-state index contributed by atoms with van der Waals surface area (Å²) in [6.07, 6.45) is 13.5. The van der Waals surface area contributed by atoms with Crippen LogP contribution in [0, 0.1) is 11.8 Å². The monoisotopic (exact) mass is 385 g/mol. The van der Waals surface area contributed by atoms with Gasteiger partial charge in [-0.1, -0.05) is 58.8 Å². The summed E-state index contributed by atoms with van der Waals surface area (Å²) in [5.41, 5.74) is 0. The van der Waals surface area contributed by atoms with Gasteiger partial charge in [-0.05, 0) is 52.4 Å². The summed E-state index contributed by atoms with van der Waals surface area (Å²) in [4.78, 5) is 12.8. The first-order valence-electron chi connectivity index (χ1n) is 11.0. The minimum absolute atomic E-state index is 0.0628. The molecule has 0 bridgehead atoms. The molecule has 0 amide bonds. The molecule has 0 aromatic carbocycles. The van der Waals surface area contributed by atoms with Gasteiger partial charge in [-0.25, -0.2) is 8.93 Å². The van der Waals surface area contributed by atoms with Gasteiger partial charge < -0.3 is 0 Å². The van der Waals surface area contributed by atoms with Crippen molar-refractivity contribution in [2.45, 2.75) is 122 Å². The molecule has 4 heteroatoms. The van der Waals surface area contributed by atoms with E-state index in [1.165, 1.54) is 38.5 Å². The first-order valence-corrected chi connectivity index (χ1v) is 12.2. The second kappa shape index (κ2) is 12.3. The Morgan fingerprint density at radius 3 is 2.35 bits per heavy atom. The lowest BCUT2D eigenvalue weighted by molar-refractivity contribution is -0.128. The maximum atomic E-state index is 12.8. The molecule has 1 aliphatic rings. The third-order valence-corrected chi connectivity index (χ3v) is 7.30. The summed E-state index contributed by atoms with van der Waals surface area (Å²) in [7, 11) is -1.12. The number of carbonyl (C=O) groups is 1. The highest BCUT2D eigenvalue weighted by molar-refractivity contribution is 7.84. The minimum atomic E-state index is -1.12. The van der Waals surface area contributed by atoms with E-state index in [-0.39, 0.29) is 16.7 Å².